The quantitative estimate of drug-likeness (QED) is 0.675. The zero-order chi connectivity index (χ0) is 9.84. The van der Waals surface area contributed by atoms with Crippen molar-refractivity contribution >= 4 is 23.2 Å². The lowest BCUT2D eigenvalue weighted by atomic mass is 10.1. The van der Waals surface area contributed by atoms with Crippen LogP contribution in [0.5, 0.6) is 0 Å². The molecule has 0 aliphatic carbocycles. The molecule has 1 unspecified atom stereocenters. The molecule has 1 aromatic carbocycles. The third-order valence-corrected chi connectivity index (χ3v) is 2.67. The maximum atomic E-state index is 13.3. The number of alkyl halides is 1. The highest BCUT2D eigenvalue weighted by atomic mass is 35.5. The van der Waals surface area contributed by atoms with Crippen LogP contribution >= 0.6 is 23.2 Å². The molecular weight excluding hydrogens is 210 g/mol. The van der Waals surface area contributed by atoms with Gasteiger partial charge in [0.25, 0.3) is 0 Å². The van der Waals surface area contributed by atoms with Gasteiger partial charge >= 0.3 is 0 Å². The second-order valence-electron chi connectivity index (χ2n) is 2.92. The van der Waals surface area contributed by atoms with Gasteiger partial charge in [-0.05, 0) is 24.5 Å². The zero-order valence-electron chi connectivity index (χ0n) is 7.36. The van der Waals surface area contributed by atoms with Gasteiger partial charge in [0.2, 0.25) is 0 Å². The van der Waals surface area contributed by atoms with Crippen molar-refractivity contribution in [2.45, 2.75) is 25.1 Å². The first-order valence-corrected chi connectivity index (χ1v) is 5.03. The van der Waals surface area contributed by atoms with Crippen molar-refractivity contribution < 1.29 is 4.39 Å². The first-order chi connectivity index (χ1) is 6.15. The fourth-order valence-electron chi connectivity index (χ4n) is 1.09. The molecule has 0 amide bonds. The van der Waals surface area contributed by atoms with Gasteiger partial charge in [0, 0.05) is 5.38 Å². The Hall–Kier alpha value is -0.270. The van der Waals surface area contributed by atoms with E-state index >= 15 is 0 Å². The maximum absolute atomic E-state index is 13.3. The summed E-state index contributed by atoms with van der Waals surface area (Å²) in [7, 11) is 0. The molecule has 0 N–H and O–H groups in total. The van der Waals surface area contributed by atoms with Crippen LogP contribution in [0.1, 0.15) is 18.9 Å². The Labute approximate surface area is 87.7 Å². The normalized spacial score (nSPS) is 12.9. The van der Waals surface area contributed by atoms with E-state index < -0.39 is 0 Å². The molecule has 0 fully saturated rings. The van der Waals surface area contributed by atoms with Crippen LogP contribution < -0.4 is 0 Å². The van der Waals surface area contributed by atoms with E-state index in [0.29, 0.717) is 12.0 Å². The molecule has 1 atom stereocenters. The Morgan fingerprint density at radius 3 is 2.77 bits per heavy atom. The summed E-state index contributed by atoms with van der Waals surface area (Å²) in [6, 6.07) is 4.99. The minimum absolute atomic E-state index is 0.0204. The molecule has 1 rings (SSSR count). The van der Waals surface area contributed by atoms with Gasteiger partial charge in [0.1, 0.15) is 5.82 Å². The monoisotopic (exact) mass is 220 g/mol. The van der Waals surface area contributed by atoms with Gasteiger partial charge in [-0.3, -0.25) is 0 Å². The summed E-state index contributed by atoms with van der Waals surface area (Å²) < 4.78 is 13.3. The van der Waals surface area contributed by atoms with Gasteiger partial charge in [-0.25, -0.2) is 4.39 Å². The minimum atomic E-state index is -0.344. The summed E-state index contributed by atoms with van der Waals surface area (Å²) >= 11 is 11.5. The van der Waals surface area contributed by atoms with E-state index in [2.05, 4.69) is 0 Å². The molecule has 0 saturated heterocycles. The van der Waals surface area contributed by atoms with Gasteiger partial charge in [-0.1, -0.05) is 30.7 Å². The van der Waals surface area contributed by atoms with Gasteiger partial charge in [0.05, 0.1) is 5.02 Å². The number of rotatable bonds is 3. The van der Waals surface area contributed by atoms with Crippen LogP contribution in [0, 0.1) is 5.82 Å². The van der Waals surface area contributed by atoms with Gasteiger partial charge < -0.3 is 0 Å². The Bertz CT molecular complexity index is 286. The SMILES string of the molecule is CCC(Cl)Cc1cccc(Cl)c1F. The van der Waals surface area contributed by atoms with E-state index in [0.717, 1.165) is 6.42 Å². The number of hydrogen-bond donors (Lipinski definition) is 0. The molecule has 0 aliphatic heterocycles. The largest absolute Gasteiger partial charge is 0.205 e. The van der Waals surface area contributed by atoms with Gasteiger partial charge in [-0.15, -0.1) is 11.6 Å². The fraction of sp³-hybridized carbons (Fsp3) is 0.400. The fourth-order valence-corrected chi connectivity index (χ4v) is 1.45. The summed E-state index contributed by atoms with van der Waals surface area (Å²) in [6.07, 6.45) is 1.36. The number of benzene rings is 1. The molecule has 3 heteroatoms. The first-order valence-electron chi connectivity index (χ1n) is 4.22. The molecule has 1 aromatic rings. The summed E-state index contributed by atoms with van der Waals surface area (Å²) in [5.74, 6) is -0.344. The van der Waals surface area contributed by atoms with Crippen LogP contribution in [0.4, 0.5) is 4.39 Å². The second-order valence-corrected chi connectivity index (χ2v) is 3.95. The van der Waals surface area contributed by atoms with Crippen LogP contribution in [0.2, 0.25) is 5.02 Å². The van der Waals surface area contributed by atoms with Crippen molar-refractivity contribution in [2.75, 3.05) is 0 Å². The van der Waals surface area contributed by atoms with Crippen molar-refractivity contribution in [3.8, 4) is 0 Å². The summed E-state index contributed by atoms with van der Waals surface area (Å²) in [4.78, 5) is 0. The van der Waals surface area contributed by atoms with E-state index in [-0.39, 0.29) is 16.2 Å². The Morgan fingerprint density at radius 2 is 2.15 bits per heavy atom. The van der Waals surface area contributed by atoms with Crippen LogP contribution in [0.15, 0.2) is 18.2 Å². The van der Waals surface area contributed by atoms with Gasteiger partial charge in [0.15, 0.2) is 0 Å². The highest BCUT2D eigenvalue weighted by Crippen LogP contribution is 2.20. The smallest absolute Gasteiger partial charge is 0.145 e. The lowest BCUT2D eigenvalue weighted by Crippen LogP contribution is -2.03. The summed E-state index contributed by atoms with van der Waals surface area (Å²) in [5, 5.41) is 0.144. The van der Waals surface area contributed by atoms with E-state index in [4.69, 9.17) is 23.2 Å². The van der Waals surface area contributed by atoms with E-state index in [1.54, 1.807) is 12.1 Å². The first kappa shape index (κ1) is 10.8. The van der Waals surface area contributed by atoms with Crippen molar-refractivity contribution in [3.05, 3.63) is 34.6 Å². The number of hydrogen-bond acceptors (Lipinski definition) is 0. The molecule has 0 spiro atoms. The van der Waals surface area contributed by atoms with E-state index in [9.17, 15) is 4.39 Å². The highest BCUT2D eigenvalue weighted by Gasteiger charge is 2.09. The third-order valence-electron chi connectivity index (χ3n) is 1.92. The predicted molar refractivity (Wildman–Crippen MR) is 55.0 cm³/mol. The molecule has 72 valence electrons. The van der Waals surface area contributed by atoms with Crippen molar-refractivity contribution in [1.82, 2.24) is 0 Å². The molecule has 0 nitrogen and oxygen atoms in total. The van der Waals surface area contributed by atoms with Crippen LogP contribution in [-0.4, -0.2) is 5.38 Å². The summed E-state index contributed by atoms with van der Waals surface area (Å²) in [5.41, 5.74) is 0.592. The van der Waals surface area contributed by atoms with Crippen molar-refractivity contribution in [3.63, 3.8) is 0 Å². The standard InChI is InChI=1S/C10H11Cl2F/c1-2-8(11)6-7-4-3-5-9(12)10(7)13/h3-5,8H,2,6H2,1H3. The van der Waals surface area contributed by atoms with Crippen molar-refractivity contribution in [1.29, 1.82) is 0 Å². The molecular formula is C10H11Cl2F. The Morgan fingerprint density at radius 1 is 1.46 bits per heavy atom. The third kappa shape index (κ3) is 2.85. The lowest BCUT2D eigenvalue weighted by Gasteiger charge is -2.07. The predicted octanol–water partition coefficient (Wildman–Crippen LogP) is 4.04. The molecule has 0 saturated carbocycles. The van der Waals surface area contributed by atoms with Crippen LogP contribution in [0.25, 0.3) is 0 Å². The van der Waals surface area contributed by atoms with Crippen LogP contribution in [0.3, 0.4) is 0 Å². The summed E-state index contributed by atoms with van der Waals surface area (Å²) in [6.45, 7) is 1.97. The van der Waals surface area contributed by atoms with Crippen molar-refractivity contribution in [2.24, 2.45) is 0 Å². The minimum Gasteiger partial charge on any atom is -0.205 e. The lowest BCUT2D eigenvalue weighted by molar-refractivity contribution is 0.604. The molecule has 0 radical (unpaired) electrons. The Kier molecular flexibility index (Phi) is 4.01. The highest BCUT2D eigenvalue weighted by molar-refractivity contribution is 6.30. The maximum Gasteiger partial charge on any atom is 0.145 e. The average molecular weight is 221 g/mol. The number of halogens is 3. The van der Waals surface area contributed by atoms with Crippen LogP contribution in [-0.2, 0) is 6.42 Å². The zero-order valence-corrected chi connectivity index (χ0v) is 8.87. The van der Waals surface area contributed by atoms with E-state index in [1.165, 1.54) is 6.07 Å². The molecule has 13 heavy (non-hydrogen) atoms. The molecule has 0 bridgehead atoms. The second kappa shape index (κ2) is 4.83. The van der Waals surface area contributed by atoms with E-state index in [1.807, 2.05) is 6.92 Å². The average Bonchev–Trinajstić information content (AvgIpc) is 2.13. The Balaban J connectivity index is 2.83. The topological polar surface area (TPSA) is 0 Å². The molecule has 0 aliphatic rings. The molecule has 0 aromatic heterocycles. The van der Waals surface area contributed by atoms with Gasteiger partial charge in [-0.2, -0.15) is 0 Å². The molecule has 0 heterocycles.